The second kappa shape index (κ2) is 12.1. The van der Waals surface area contributed by atoms with Crippen LogP contribution in [0.5, 0.6) is 11.6 Å². The zero-order valence-corrected chi connectivity index (χ0v) is 23.9. The molecule has 0 fully saturated rings. The molecule has 4 rings (SSSR count). The van der Waals surface area contributed by atoms with Crippen molar-refractivity contribution in [2.24, 2.45) is 13.0 Å². The van der Waals surface area contributed by atoms with Crippen LogP contribution in [0.3, 0.4) is 0 Å². The number of nitrogens with zero attached hydrogens (tertiary/aromatic N) is 5. The normalized spacial score (nSPS) is 18.2. The highest BCUT2D eigenvalue weighted by atomic mass is 32.2. The van der Waals surface area contributed by atoms with Crippen LogP contribution in [0, 0.1) is 17.8 Å². The summed E-state index contributed by atoms with van der Waals surface area (Å²) in [6.45, 7) is 3.60. The van der Waals surface area contributed by atoms with Crippen LogP contribution in [0.2, 0.25) is 0 Å². The van der Waals surface area contributed by atoms with Crippen molar-refractivity contribution in [3.05, 3.63) is 65.7 Å². The van der Waals surface area contributed by atoms with Crippen LogP contribution in [0.1, 0.15) is 35.3 Å². The van der Waals surface area contributed by atoms with Crippen molar-refractivity contribution in [1.29, 1.82) is 0 Å². The summed E-state index contributed by atoms with van der Waals surface area (Å²) in [5, 5.41) is 9.82. The van der Waals surface area contributed by atoms with E-state index in [0.29, 0.717) is 16.9 Å². The number of carbonyl (C=O) groups is 1. The lowest BCUT2D eigenvalue weighted by Crippen LogP contribution is -2.50. The number of fused-ring (bicyclic) bond motifs is 1. The first-order chi connectivity index (χ1) is 19.0. The van der Waals surface area contributed by atoms with Crippen molar-refractivity contribution >= 4 is 15.9 Å². The average molecular weight is 568 g/mol. The standard InChI is InChI=1S/C28H33N5O6S/c1-19-14-33(20(2)17-34)28(35)23-12-21(10-11-22-8-6-7-9-24(22)38-5)13-29-27(23)39-25(19)15-32(4)40(36,37)26-16-31(3)18-30-26/h6-9,12-13,16,18-20,25,34H,14-15,17H2,1-5H3/t19-,20+,25+/m0/s1. The van der Waals surface area contributed by atoms with E-state index < -0.39 is 22.2 Å². The van der Waals surface area contributed by atoms with Crippen molar-refractivity contribution < 1.29 is 27.8 Å². The van der Waals surface area contributed by atoms with E-state index in [1.54, 1.807) is 42.7 Å². The molecule has 3 atom stereocenters. The topological polar surface area (TPSA) is 127 Å². The number of imidazole rings is 1. The molecule has 12 heteroatoms. The summed E-state index contributed by atoms with van der Waals surface area (Å²) in [5.74, 6) is 6.12. The Morgan fingerprint density at radius 3 is 2.70 bits per heavy atom. The maximum atomic E-state index is 13.6. The van der Waals surface area contributed by atoms with Gasteiger partial charge < -0.3 is 24.0 Å². The first-order valence-corrected chi connectivity index (χ1v) is 14.2. The Labute approximate surface area is 234 Å². The minimum atomic E-state index is -3.88. The van der Waals surface area contributed by atoms with Gasteiger partial charge >= 0.3 is 0 Å². The number of aryl methyl sites for hydroxylation is 1. The molecule has 0 radical (unpaired) electrons. The number of aliphatic hydroxyl groups is 1. The van der Waals surface area contributed by atoms with Gasteiger partial charge in [0.05, 0.1) is 38.2 Å². The monoisotopic (exact) mass is 567 g/mol. The van der Waals surface area contributed by atoms with Crippen molar-refractivity contribution in [3.8, 4) is 23.5 Å². The van der Waals surface area contributed by atoms with Gasteiger partial charge in [0.15, 0.2) is 5.03 Å². The first kappa shape index (κ1) is 29.1. The van der Waals surface area contributed by atoms with Gasteiger partial charge in [-0.2, -0.15) is 4.31 Å². The number of ether oxygens (including phenoxy) is 2. The summed E-state index contributed by atoms with van der Waals surface area (Å²) in [6, 6.07) is 8.45. The van der Waals surface area contributed by atoms with E-state index in [9.17, 15) is 18.3 Å². The van der Waals surface area contributed by atoms with Gasteiger partial charge in [0.1, 0.15) is 17.4 Å². The number of aromatic nitrogens is 3. The third-order valence-corrected chi connectivity index (χ3v) is 8.47. The van der Waals surface area contributed by atoms with E-state index in [1.165, 1.54) is 30.1 Å². The van der Waals surface area contributed by atoms with Crippen LogP contribution in [0.25, 0.3) is 0 Å². The molecule has 2 aromatic heterocycles. The average Bonchev–Trinajstić information content (AvgIpc) is 3.40. The largest absolute Gasteiger partial charge is 0.495 e. The Morgan fingerprint density at radius 2 is 2.02 bits per heavy atom. The molecule has 1 aliphatic rings. The third kappa shape index (κ3) is 6.12. The maximum absolute atomic E-state index is 13.6. The van der Waals surface area contributed by atoms with Gasteiger partial charge in [0.25, 0.3) is 15.9 Å². The van der Waals surface area contributed by atoms with Crippen molar-refractivity contribution in [2.75, 3.05) is 33.9 Å². The highest BCUT2D eigenvalue weighted by Gasteiger charge is 2.36. The first-order valence-electron chi connectivity index (χ1n) is 12.7. The SMILES string of the molecule is COc1ccccc1C#Cc1cnc2c(c1)C(=O)N([C@H](C)CO)C[C@H](C)[C@@H](CN(C)S(=O)(=O)c1cn(C)cn1)O2. The highest BCUT2D eigenvalue weighted by Crippen LogP contribution is 2.28. The van der Waals surface area contributed by atoms with E-state index in [-0.39, 0.29) is 48.0 Å². The van der Waals surface area contributed by atoms with E-state index in [1.807, 2.05) is 25.1 Å². The summed E-state index contributed by atoms with van der Waals surface area (Å²) in [6.07, 6.45) is 3.71. The summed E-state index contributed by atoms with van der Waals surface area (Å²) in [4.78, 5) is 23.6. The number of carbonyl (C=O) groups excluding carboxylic acids is 1. The number of likely N-dealkylation sites (N-methyl/N-ethyl adjacent to an activating group) is 1. The summed E-state index contributed by atoms with van der Waals surface area (Å²) in [7, 11) is 0.841. The predicted molar refractivity (Wildman–Crippen MR) is 147 cm³/mol. The molecule has 0 bridgehead atoms. The van der Waals surface area contributed by atoms with E-state index in [4.69, 9.17) is 9.47 Å². The number of para-hydroxylation sites is 1. The van der Waals surface area contributed by atoms with Crippen LogP contribution in [-0.4, -0.2) is 89.2 Å². The zero-order valence-electron chi connectivity index (χ0n) is 23.1. The number of rotatable bonds is 7. The zero-order chi connectivity index (χ0) is 29.0. The molecule has 0 spiro atoms. The third-order valence-electron chi connectivity index (χ3n) is 6.76. The number of aliphatic hydroxyl groups excluding tert-OH is 1. The molecule has 1 aliphatic heterocycles. The second-order valence-corrected chi connectivity index (χ2v) is 11.8. The molecular formula is C28H33N5O6S. The highest BCUT2D eigenvalue weighted by molar-refractivity contribution is 7.89. The van der Waals surface area contributed by atoms with Gasteiger partial charge in [-0.1, -0.05) is 30.9 Å². The fourth-order valence-corrected chi connectivity index (χ4v) is 5.45. The van der Waals surface area contributed by atoms with Crippen LogP contribution in [0.15, 0.2) is 54.1 Å². The molecule has 11 nitrogen and oxygen atoms in total. The lowest BCUT2D eigenvalue weighted by Gasteiger charge is -2.37. The van der Waals surface area contributed by atoms with Gasteiger partial charge in [0, 0.05) is 44.5 Å². The Morgan fingerprint density at radius 1 is 1.27 bits per heavy atom. The Bertz CT molecular complexity index is 1540. The lowest BCUT2D eigenvalue weighted by atomic mass is 10.0. The molecular weight excluding hydrogens is 534 g/mol. The van der Waals surface area contributed by atoms with Crippen molar-refractivity contribution in [3.63, 3.8) is 0 Å². The molecule has 1 amide bonds. The van der Waals surface area contributed by atoms with E-state index >= 15 is 0 Å². The van der Waals surface area contributed by atoms with Crippen LogP contribution < -0.4 is 9.47 Å². The lowest BCUT2D eigenvalue weighted by molar-refractivity contribution is 0.0373. The number of pyridine rings is 1. The minimum absolute atomic E-state index is 0.00785. The fraction of sp³-hybridized carbons (Fsp3) is 0.393. The number of amides is 1. The molecule has 3 heterocycles. The quantitative estimate of drug-likeness (QED) is 0.428. The van der Waals surface area contributed by atoms with Crippen molar-refractivity contribution in [2.45, 2.75) is 31.0 Å². The van der Waals surface area contributed by atoms with Gasteiger partial charge in [0.2, 0.25) is 5.88 Å². The Kier molecular flexibility index (Phi) is 8.78. The molecule has 1 N–H and O–H groups in total. The molecule has 40 heavy (non-hydrogen) atoms. The van der Waals surface area contributed by atoms with E-state index in [2.05, 4.69) is 21.8 Å². The number of hydrogen-bond donors (Lipinski definition) is 1. The number of methoxy groups -OCH3 is 1. The number of sulfonamides is 1. The summed E-state index contributed by atoms with van der Waals surface area (Å²) >= 11 is 0. The maximum Gasteiger partial charge on any atom is 0.261 e. The molecule has 1 aromatic carbocycles. The minimum Gasteiger partial charge on any atom is -0.495 e. The van der Waals surface area contributed by atoms with E-state index in [0.717, 1.165) is 0 Å². The molecule has 0 aliphatic carbocycles. The van der Waals surface area contributed by atoms with Gasteiger partial charge in [-0.3, -0.25) is 4.79 Å². The molecule has 3 aromatic rings. The van der Waals surface area contributed by atoms with Gasteiger partial charge in [-0.05, 0) is 25.1 Å². The number of hydrogen-bond acceptors (Lipinski definition) is 8. The second-order valence-electron chi connectivity index (χ2n) is 9.81. The van der Waals surface area contributed by atoms with Gasteiger partial charge in [-0.25, -0.2) is 18.4 Å². The van der Waals surface area contributed by atoms with Gasteiger partial charge in [-0.15, -0.1) is 0 Å². The summed E-state index contributed by atoms with van der Waals surface area (Å²) < 4.78 is 40.6. The van der Waals surface area contributed by atoms with Crippen LogP contribution in [-0.2, 0) is 17.1 Å². The summed E-state index contributed by atoms with van der Waals surface area (Å²) in [5.41, 5.74) is 1.35. The fourth-order valence-electron chi connectivity index (χ4n) is 4.31. The number of benzene rings is 1. The smallest absolute Gasteiger partial charge is 0.261 e. The Balaban J connectivity index is 1.69. The molecule has 212 valence electrons. The predicted octanol–water partition coefficient (Wildman–Crippen LogP) is 1.76. The molecule has 0 unspecified atom stereocenters. The molecule has 0 saturated heterocycles. The van der Waals surface area contributed by atoms with Crippen LogP contribution >= 0.6 is 0 Å². The Hall–Kier alpha value is -3.92. The van der Waals surface area contributed by atoms with Crippen molar-refractivity contribution in [1.82, 2.24) is 23.7 Å². The molecule has 0 saturated carbocycles. The van der Waals surface area contributed by atoms with Crippen LogP contribution in [0.4, 0.5) is 0 Å².